The van der Waals surface area contributed by atoms with Crippen molar-refractivity contribution in [1.29, 1.82) is 0 Å². The fourth-order valence-electron chi connectivity index (χ4n) is 3.62. The maximum atomic E-state index is 4.99. The third-order valence-electron chi connectivity index (χ3n) is 4.92. The molecular weight excluding hydrogens is 394 g/mol. The van der Waals surface area contributed by atoms with Crippen LogP contribution in [-0.4, -0.2) is 4.98 Å². The van der Waals surface area contributed by atoms with Crippen LogP contribution in [0.4, 0.5) is 0 Å². The maximum absolute atomic E-state index is 4.99. The Labute approximate surface area is 166 Å². The van der Waals surface area contributed by atoms with Gasteiger partial charge in [-0.25, -0.2) is 4.98 Å². The number of fused-ring (bicyclic) bond motifs is 3. The molecule has 2 heteroatoms. The zero-order valence-corrected chi connectivity index (χ0v) is 16.1. The van der Waals surface area contributed by atoms with Crippen LogP contribution in [0.1, 0.15) is 0 Å². The predicted octanol–water partition coefficient (Wildman–Crippen LogP) is 7.48. The number of rotatable bonds is 2. The van der Waals surface area contributed by atoms with E-state index in [2.05, 4.69) is 107 Å². The highest BCUT2D eigenvalue weighted by molar-refractivity contribution is 9.10. The second kappa shape index (κ2) is 6.64. The normalized spacial score (nSPS) is 11.1. The van der Waals surface area contributed by atoms with Gasteiger partial charge in [0, 0.05) is 15.4 Å². The number of aromatic nitrogens is 1. The van der Waals surface area contributed by atoms with Gasteiger partial charge in [0.1, 0.15) is 0 Å². The monoisotopic (exact) mass is 409 g/mol. The highest BCUT2D eigenvalue weighted by Crippen LogP contribution is 2.36. The van der Waals surface area contributed by atoms with Crippen molar-refractivity contribution in [2.24, 2.45) is 0 Å². The molecule has 1 heterocycles. The summed E-state index contributed by atoms with van der Waals surface area (Å²) in [5.41, 5.74) is 5.55. The Kier molecular flexibility index (Phi) is 3.99. The van der Waals surface area contributed by atoms with Gasteiger partial charge in [-0.1, -0.05) is 88.7 Å². The van der Waals surface area contributed by atoms with Gasteiger partial charge >= 0.3 is 0 Å². The highest BCUT2D eigenvalue weighted by atomic mass is 79.9. The molecule has 0 saturated carbocycles. The SMILES string of the molecule is Brc1ccc(-c2cc(-c3ccccc3)nc3ccc4ccccc4c23)cc1. The third kappa shape index (κ3) is 2.92. The highest BCUT2D eigenvalue weighted by Gasteiger charge is 2.12. The molecule has 0 spiro atoms. The minimum atomic E-state index is 0.997. The second-order valence-corrected chi connectivity index (χ2v) is 7.52. The summed E-state index contributed by atoms with van der Waals surface area (Å²) in [5.74, 6) is 0. The predicted molar refractivity (Wildman–Crippen MR) is 118 cm³/mol. The van der Waals surface area contributed by atoms with E-state index in [9.17, 15) is 0 Å². The molecule has 0 radical (unpaired) electrons. The Morgan fingerprint density at radius 3 is 2.19 bits per heavy atom. The van der Waals surface area contributed by atoms with Gasteiger partial charge in [-0.05, 0) is 46.2 Å². The van der Waals surface area contributed by atoms with E-state index in [4.69, 9.17) is 4.98 Å². The average molecular weight is 410 g/mol. The van der Waals surface area contributed by atoms with Crippen LogP contribution in [0.15, 0.2) is 102 Å². The number of hydrogen-bond acceptors (Lipinski definition) is 1. The molecule has 1 nitrogen and oxygen atoms in total. The number of hydrogen-bond donors (Lipinski definition) is 0. The number of benzene rings is 4. The van der Waals surface area contributed by atoms with Crippen LogP contribution in [0.3, 0.4) is 0 Å². The standard InChI is InChI=1S/C25H16BrN/c26-20-13-10-18(11-14-20)22-16-24(19-7-2-1-3-8-19)27-23-15-12-17-6-4-5-9-21(17)25(22)23/h1-16H. The molecule has 5 aromatic rings. The quantitative estimate of drug-likeness (QED) is 0.275. The van der Waals surface area contributed by atoms with E-state index < -0.39 is 0 Å². The Bertz CT molecular complexity index is 1260. The van der Waals surface area contributed by atoms with E-state index in [0.29, 0.717) is 0 Å². The fraction of sp³-hybridized carbons (Fsp3) is 0. The van der Waals surface area contributed by atoms with Crippen molar-refractivity contribution in [3.8, 4) is 22.4 Å². The Morgan fingerprint density at radius 1 is 0.630 bits per heavy atom. The number of halogens is 1. The van der Waals surface area contributed by atoms with Gasteiger partial charge in [0.25, 0.3) is 0 Å². The molecule has 0 fully saturated rings. The molecule has 0 unspecified atom stereocenters. The van der Waals surface area contributed by atoms with Crippen LogP contribution in [0.5, 0.6) is 0 Å². The van der Waals surface area contributed by atoms with E-state index in [-0.39, 0.29) is 0 Å². The second-order valence-electron chi connectivity index (χ2n) is 6.61. The average Bonchev–Trinajstić information content (AvgIpc) is 2.74. The molecule has 0 bridgehead atoms. The largest absolute Gasteiger partial charge is 0.248 e. The van der Waals surface area contributed by atoms with Gasteiger partial charge in [0.2, 0.25) is 0 Å². The molecule has 0 atom stereocenters. The molecule has 5 rings (SSSR count). The van der Waals surface area contributed by atoms with Gasteiger partial charge in [-0.15, -0.1) is 0 Å². The summed E-state index contributed by atoms with van der Waals surface area (Å²) in [6.07, 6.45) is 0. The lowest BCUT2D eigenvalue weighted by atomic mass is 9.94. The Balaban J connectivity index is 1.90. The summed E-state index contributed by atoms with van der Waals surface area (Å²) in [6.45, 7) is 0. The van der Waals surface area contributed by atoms with Crippen molar-refractivity contribution in [3.05, 3.63) is 102 Å². The first kappa shape index (κ1) is 16.2. The fourth-order valence-corrected chi connectivity index (χ4v) is 3.89. The zero-order chi connectivity index (χ0) is 18.2. The molecule has 128 valence electrons. The minimum Gasteiger partial charge on any atom is -0.248 e. The molecule has 1 aromatic heterocycles. The van der Waals surface area contributed by atoms with Gasteiger partial charge in [-0.3, -0.25) is 0 Å². The van der Waals surface area contributed by atoms with Crippen LogP contribution in [0.2, 0.25) is 0 Å². The van der Waals surface area contributed by atoms with Gasteiger partial charge in [-0.2, -0.15) is 0 Å². The van der Waals surface area contributed by atoms with Crippen molar-refractivity contribution < 1.29 is 0 Å². The number of nitrogens with zero attached hydrogens (tertiary/aromatic N) is 1. The smallest absolute Gasteiger partial charge is 0.0722 e. The summed E-state index contributed by atoms with van der Waals surface area (Å²) in [6, 6.07) is 33.9. The van der Waals surface area contributed by atoms with E-state index in [1.807, 2.05) is 6.07 Å². The first-order valence-electron chi connectivity index (χ1n) is 8.93. The van der Waals surface area contributed by atoms with E-state index in [0.717, 1.165) is 21.2 Å². The molecule has 0 aliphatic carbocycles. The zero-order valence-electron chi connectivity index (χ0n) is 14.6. The lowest BCUT2D eigenvalue weighted by Gasteiger charge is -2.13. The number of pyridine rings is 1. The molecule has 0 N–H and O–H groups in total. The molecule has 27 heavy (non-hydrogen) atoms. The molecule has 0 aliphatic rings. The van der Waals surface area contributed by atoms with Gasteiger partial charge in [0.15, 0.2) is 0 Å². The van der Waals surface area contributed by atoms with Crippen molar-refractivity contribution in [2.75, 3.05) is 0 Å². The van der Waals surface area contributed by atoms with E-state index in [1.54, 1.807) is 0 Å². The Morgan fingerprint density at radius 2 is 1.37 bits per heavy atom. The molecule has 0 amide bonds. The van der Waals surface area contributed by atoms with Crippen molar-refractivity contribution in [1.82, 2.24) is 4.98 Å². The summed E-state index contributed by atoms with van der Waals surface area (Å²) in [5, 5.41) is 3.67. The lowest BCUT2D eigenvalue weighted by Crippen LogP contribution is -1.91. The summed E-state index contributed by atoms with van der Waals surface area (Å²) >= 11 is 3.55. The topological polar surface area (TPSA) is 12.9 Å². The van der Waals surface area contributed by atoms with Crippen molar-refractivity contribution in [3.63, 3.8) is 0 Å². The van der Waals surface area contributed by atoms with Crippen LogP contribution in [0.25, 0.3) is 44.1 Å². The van der Waals surface area contributed by atoms with Crippen molar-refractivity contribution in [2.45, 2.75) is 0 Å². The minimum absolute atomic E-state index is 0.997. The van der Waals surface area contributed by atoms with Gasteiger partial charge < -0.3 is 0 Å². The van der Waals surface area contributed by atoms with Crippen LogP contribution >= 0.6 is 15.9 Å². The molecular formula is C25H16BrN. The first-order chi connectivity index (χ1) is 13.3. The van der Waals surface area contributed by atoms with Gasteiger partial charge in [0.05, 0.1) is 11.2 Å². The Hall–Kier alpha value is -2.97. The summed E-state index contributed by atoms with van der Waals surface area (Å²) in [4.78, 5) is 4.99. The van der Waals surface area contributed by atoms with Crippen LogP contribution in [0, 0.1) is 0 Å². The molecule has 0 saturated heterocycles. The third-order valence-corrected chi connectivity index (χ3v) is 5.45. The van der Waals surface area contributed by atoms with E-state index >= 15 is 0 Å². The van der Waals surface area contributed by atoms with Crippen LogP contribution < -0.4 is 0 Å². The van der Waals surface area contributed by atoms with Crippen LogP contribution in [-0.2, 0) is 0 Å². The summed E-state index contributed by atoms with van der Waals surface area (Å²) < 4.78 is 1.08. The lowest BCUT2D eigenvalue weighted by molar-refractivity contribution is 1.40. The molecule has 4 aromatic carbocycles. The molecule has 0 aliphatic heterocycles. The van der Waals surface area contributed by atoms with E-state index in [1.165, 1.54) is 27.3 Å². The maximum Gasteiger partial charge on any atom is 0.0722 e. The van der Waals surface area contributed by atoms with Crippen molar-refractivity contribution >= 4 is 37.6 Å². The first-order valence-corrected chi connectivity index (χ1v) is 9.73. The summed E-state index contributed by atoms with van der Waals surface area (Å²) in [7, 11) is 0.